The summed E-state index contributed by atoms with van der Waals surface area (Å²) in [6.07, 6.45) is 5.19. The number of amides is 1. The highest BCUT2D eigenvalue weighted by atomic mass is 19.1. The Morgan fingerprint density at radius 2 is 2.00 bits per heavy atom. The first-order chi connectivity index (χ1) is 12.6. The highest BCUT2D eigenvalue weighted by Gasteiger charge is 2.31. The van der Waals surface area contributed by atoms with Gasteiger partial charge in [-0.05, 0) is 29.9 Å². The largest absolute Gasteiger partial charge is 0.335 e. The van der Waals surface area contributed by atoms with E-state index in [2.05, 4.69) is 4.98 Å². The molecule has 132 valence electrons. The van der Waals surface area contributed by atoms with Gasteiger partial charge in [-0.2, -0.15) is 0 Å². The molecule has 4 rings (SSSR count). The number of nitrogens with zero attached hydrogens (tertiary/aromatic N) is 2. The van der Waals surface area contributed by atoms with Gasteiger partial charge in [0.15, 0.2) is 0 Å². The van der Waals surface area contributed by atoms with Crippen LogP contribution in [0.3, 0.4) is 0 Å². The van der Waals surface area contributed by atoms with Crippen LogP contribution < -0.4 is 0 Å². The molecule has 0 N–H and O–H groups in total. The van der Waals surface area contributed by atoms with Gasteiger partial charge in [0.05, 0.1) is 12.5 Å². The molecule has 0 bridgehead atoms. The molecule has 3 nitrogen and oxygen atoms in total. The van der Waals surface area contributed by atoms with E-state index in [0.29, 0.717) is 18.5 Å². The Hall–Kier alpha value is -2.82. The van der Waals surface area contributed by atoms with Gasteiger partial charge in [0.1, 0.15) is 11.6 Å². The molecule has 2 heterocycles. The van der Waals surface area contributed by atoms with Crippen molar-refractivity contribution in [3.63, 3.8) is 0 Å². The summed E-state index contributed by atoms with van der Waals surface area (Å²) in [4.78, 5) is 18.8. The maximum Gasteiger partial charge on any atom is 0.227 e. The second-order valence-electron chi connectivity index (χ2n) is 6.61. The van der Waals surface area contributed by atoms with Crippen molar-refractivity contribution in [2.24, 2.45) is 0 Å². The minimum absolute atomic E-state index is 0.0608. The topological polar surface area (TPSA) is 33.2 Å². The average Bonchev–Trinajstić information content (AvgIpc) is 3.11. The van der Waals surface area contributed by atoms with Crippen molar-refractivity contribution < 1.29 is 13.6 Å². The van der Waals surface area contributed by atoms with E-state index in [0.717, 1.165) is 28.8 Å². The molecule has 26 heavy (non-hydrogen) atoms. The summed E-state index contributed by atoms with van der Waals surface area (Å²) in [6, 6.07) is 11.0. The molecular weight excluding hydrogens is 334 g/mol. The van der Waals surface area contributed by atoms with Crippen molar-refractivity contribution in [2.75, 3.05) is 6.54 Å². The van der Waals surface area contributed by atoms with Crippen LogP contribution in [0.5, 0.6) is 0 Å². The van der Waals surface area contributed by atoms with Crippen LogP contribution in [0.2, 0.25) is 0 Å². The summed E-state index contributed by atoms with van der Waals surface area (Å²) in [5, 5.41) is 1.99. The Labute approximate surface area is 150 Å². The summed E-state index contributed by atoms with van der Waals surface area (Å²) in [7, 11) is 0. The second-order valence-corrected chi connectivity index (χ2v) is 6.61. The number of hydrogen-bond acceptors (Lipinski definition) is 2. The van der Waals surface area contributed by atoms with Crippen LogP contribution in [0.1, 0.15) is 30.0 Å². The fourth-order valence-electron chi connectivity index (χ4n) is 3.74. The number of halogens is 2. The third kappa shape index (κ3) is 3.05. The van der Waals surface area contributed by atoms with Gasteiger partial charge in [0, 0.05) is 36.0 Å². The van der Waals surface area contributed by atoms with E-state index in [1.807, 2.05) is 24.3 Å². The van der Waals surface area contributed by atoms with E-state index < -0.39 is 11.6 Å². The van der Waals surface area contributed by atoms with Crippen molar-refractivity contribution >= 4 is 16.7 Å². The summed E-state index contributed by atoms with van der Waals surface area (Å²) < 4.78 is 27.4. The number of aromatic nitrogens is 1. The molecule has 1 aromatic heterocycles. The minimum atomic E-state index is -0.607. The van der Waals surface area contributed by atoms with Crippen molar-refractivity contribution in [3.8, 4) is 0 Å². The van der Waals surface area contributed by atoms with Gasteiger partial charge in [0.25, 0.3) is 0 Å². The van der Waals surface area contributed by atoms with Crippen molar-refractivity contribution in [1.29, 1.82) is 0 Å². The van der Waals surface area contributed by atoms with Crippen molar-refractivity contribution in [2.45, 2.75) is 25.3 Å². The van der Waals surface area contributed by atoms with Crippen LogP contribution in [0.4, 0.5) is 8.78 Å². The van der Waals surface area contributed by atoms with Crippen LogP contribution in [0.15, 0.2) is 54.9 Å². The van der Waals surface area contributed by atoms with Gasteiger partial charge >= 0.3 is 0 Å². The molecule has 1 aliphatic rings. The zero-order chi connectivity index (χ0) is 18.1. The van der Waals surface area contributed by atoms with Gasteiger partial charge in [0.2, 0.25) is 5.91 Å². The number of fused-ring (bicyclic) bond motifs is 1. The highest BCUT2D eigenvalue weighted by Crippen LogP contribution is 2.34. The fraction of sp³-hybridized carbons (Fsp3) is 0.238. The first kappa shape index (κ1) is 16.6. The second kappa shape index (κ2) is 6.83. The molecule has 2 aromatic carbocycles. The standard InChI is InChI=1S/C21H18F2N2O/c22-16-7-8-18(19(23)11-16)20-6-3-9-25(20)21(26)10-15-13-24-12-14-4-1-2-5-17(14)15/h1-2,4-5,7-8,11-13,20H,3,6,9-10H2. The van der Waals surface area contributed by atoms with E-state index >= 15 is 0 Å². The Morgan fingerprint density at radius 1 is 1.15 bits per heavy atom. The lowest BCUT2D eigenvalue weighted by Crippen LogP contribution is -2.32. The normalized spacial score (nSPS) is 17.0. The predicted octanol–water partition coefficient (Wildman–Crippen LogP) is 4.42. The van der Waals surface area contributed by atoms with E-state index in [4.69, 9.17) is 0 Å². The Bertz CT molecular complexity index is 968. The average molecular weight is 352 g/mol. The molecule has 1 fully saturated rings. The molecule has 1 atom stereocenters. The predicted molar refractivity (Wildman–Crippen MR) is 95.5 cm³/mol. The summed E-state index contributed by atoms with van der Waals surface area (Å²) in [5.74, 6) is -1.26. The summed E-state index contributed by atoms with van der Waals surface area (Å²) >= 11 is 0. The number of likely N-dealkylation sites (tertiary alicyclic amines) is 1. The molecule has 1 aliphatic heterocycles. The minimum Gasteiger partial charge on any atom is -0.335 e. The Morgan fingerprint density at radius 3 is 2.85 bits per heavy atom. The molecular formula is C21H18F2N2O. The molecule has 5 heteroatoms. The van der Waals surface area contributed by atoms with Crippen LogP contribution >= 0.6 is 0 Å². The third-order valence-electron chi connectivity index (χ3n) is 4.99. The maximum atomic E-state index is 14.2. The van der Waals surface area contributed by atoms with E-state index in [1.165, 1.54) is 12.1 Å². The number of pyridine rings is 1. The van der Waals surface area contributed by atoms with Gasteiger partial charge in [-0.15, -0.1) is 0 Å². The Balaban J connectivity index is 1.61. The first-order valence-corrected chi connectivity index (χ1v) is 8.69. The van der Waals surface area contributed by atoms with Crippen molar-refractivity contribution in [1.82, 2.24) is 9.88 Å². The highest BCUT2D eigenvalue weighted by molar-refractivity contribution is 5.89. The quantitative estimate of drug-likeness (QED) is 0.699. The van der Waals surface area contributed by atoms with Crippen LogP contribution in [-0.4, -0.2) is 22.3 Å². The SMILES string of the molecule is O=C(Cc1cncc2ccccc12)N1CCCC1c1ccc(F)cc1F. The zero-order valence-corrected chi connectivity index (χ0v) is 14.2. The summed E-state index contributed by atoms with van der Waals surface area (Å²) in [5.41, 5.74) is 1.24. The van der Waals surface area contributed by atoms with Gasteiger partial charge in [-0.1, -0.05) is 30.3 Å². The zero-order valence-electron chi connectivity index (χ0n) is 14.2. The molecule has 0 spiro atoms. The molecule has 3 aromatic rings. The lowest BCUT2D eigenvalue weighted by Gasteiger charge is -2.25. The number of rotatable bonds is 3. The molecule has 0 radical (unpaired) electrons. The van der Waals surface area contributed by atoms with Crippen LogP contribution in [-0.2, 0) is 11.2 Å². The molecule has 1 amide bonds. The number of benzene rings is 2. The summed E-state index contributed by atoms with van der Waals surface area (Å²) in [6.45, 7) is 0.582. The van der Waals surface area contributed by atoms with E-state index in [9.17, 15) is 13.6 Å². The van der Waals surface area contributed by atoms with Crippen molar-refractivity contribution in [3.05, 3.63) is 77.6 Å². The van der Waals surface area contributed by atoms with Gasteiger partial charge in [-0.3, -0.25) is 9.78 Å². The van der Waals surface area contributed by atoms with Gasteiger partial charge in [-0.25, -0.2) is 8.78 Å². The first-order valence-electron chi connectivity index (χ1n) is 8.69. The third-order valence-corrected chi connectivity index (χ3v) is 4.99. The molecule has 1 saturated heterocycles. The van der Waals surface area contributed by atoms with E-state index in [1.54, 1.807) is 17.3 Å². The lowest BCUT2D eigenvalue weighted by atomic mass is 10.0. The monoisotopic (exact) mass is 352 g/mol. The van der Waals surface area contributed by atoms with Gasteiger partial charge < -0.3 is 4.90 Å². The number of carbonyl (C=O) groups is 1. The molecule has 1 unspecified atom stereocenters. The number of carbonyl (C=O) groups excluding carboxylic acids is 1. The molecule has 0 saturated carbocycles. The van der Waals surface area contributed by atoms with Crippen LogP contribution in [0.25, 0.3) is 10.8 Å². The fourth-order valence-corrected chi connectivity index (χ4v) is 3.74. The molecule has 0 aliphatic carbocycles. The number of hydrogen-bond donors (Lipinski definition) is 0. The lowest BCUT2D eigenvalue weighted by molar-refractivity contribution is -0.131. The Kier molecular flexibility index (Phi) is 4.37. The van der Waals surface area contributed by atoms with E-state index in [-0.39, 0.29) is 18.4 Å². The smallest absolute Gasteiger partial charge is 0.227 e. The van der Waals surface area contributed by atoms with Crippen LogP contribution in [0, 0.1) is 11.6 Å². The maximum absolute atomic E-state index is 14.2.